The lowest BCUT2D eigenvalue weighted by atomic mass is 10.1. The highest BCUT2D eigenvalue weighted by molar-refractivity contribution is 5.73. The molecule has 2 aromatic heterocycles. The van der Waals surface area contributed by atoms with Gasteiger partial charge >= 0.3 is 0 Å². The molecule has 0 aliphatic carbocycles. The molecule has 3 heteroatoms. The van der Waals surface area contributed by atoms with E-state index in [0.29, 0.717) is 5.76 Å². The van der Waals surface area contributed by atoms with Crippen molar-refractivity contribution in [1.82, 2.24) is 9.97 Å². The standard InChI is InChI=1S/C14H14N2O/c1-10-7-8-12(13-6-4-5-9-15-13)14(16-10)11(2)17-3/h4-9H,2H2,1,3H3. The number of pyridine rings is 2. The first-order chi connectivity index (χ1) is 8.22. The molecule has 86 valence electrons. The summed E-state index contributed by atoms with van der Waals surface area (Å²) >= 11 is 0. The van der Waals surface area contributed by atoms with Crippen molar-refractivity contribution >= 4 is 5.76 Å². The van der Waals surface area contributed by atoms with Crippen LogP contribution in [0.3, 0.4) is 0 Å². The topological polar surface area (TPSA) is 35.0 Å². The lowest BCUT2D eigenvalue weighted by Gasteiger charge is -2.10. The van der Waals surface area contributed by atoms with Crippen molar-refractivity contribution in [2.24, 2.45) is 0 Å². The van der Waals surface area contributed by atoms with Gasteiger partial charge in [0.25, 0.3) is 0 Å². The van der Waals surface area contributed by atoms with Gasteiger partial charge in [0.05, 0.1) is 12.8 Å². The summed E-state index contributed by atoms with van der Waals surface area (Å²) in [5.74, 6) is 0.550. The summed E-state index contributed by atoms with van der Waals surface area (Å²) in [6, 6.07) is 9.72. The first-order valence-electron chi connectivity index (χ1n) is 5.34. The van der Waals surface area contributed by atoms with E-state index in [9.17, 15) is 0 Å². The quantitative estimate of drug-likeness (QED) is 0.754. The van der Waals surface area contributed by atoms with Crippen molar-refractivity contribution in [1.29, 1.82) is 0 Å². The Morgan fingerprint density at radius 3 is 2.71 bits per heavy atom. The molecule has 0 bridgehead atoms. The van der Waals surface area contributed by atoms with E-state index in [-0.39, 0.29) is 0 Å². The zero-order valence-corrected chi connectivity index (χ0v) is 9.97. The smallest absolute Gasteiger partial charge is 0.138 e. The third kappa shape index (κ3) is 2.33. The molecule has 2 heterocycles. The maximum Gasteiger partial charge on any atom is 0.138 e. The molecule has 3 nitrogen and oxygen atoms in total. The van der Waals surface area contributed by atoms with Crippen LogP contribution in [0.4, 0.5) is 0 Å². The maximum absolute atomic E-state index is 5.17. The summed E-state index contributed by atoms with van der Waals surface area (Å²) in [7, 11) is 1.59. The fourth-order valence-electron chi connectivity index (χ4n) is 1.59. The molecule has 0 unspecified atom stereocenters. The van der Waals surface area contributed by atoms with Gasteiger partial charge < -0.3 is 4.74 Å². The fourth-order valence-corrected chi connectivity index (χ4v) is 1.59. The Morgan fingerprint density at radius 2 is 2.06 bits per heavy atom. The molecule has 2 aromatic rings. The van der Waals surface area contributed by atoms with E-state index in [4.69, 9.17) is 4.74 Å². The van der Waals surface area contributed by atoms with Gasteiger partial charge in [-0.2, -0.15) is 0 Å². The second-order valence-corrected chi connectivity index (χ2v) is 3.69. The second-order valence-electron chi connectivity index (χ2n) is 3.69. The molecule has 0 radical (unpaired) electrons. The van der Waals surface area contributed by atoms with E-state index >= 15 is 0 Å². The summed E-state index contributed by atoms with van der Waals surface area (Å²) in [5.41, 5.74) is 3.47. The van der Waals surface area contributed by atoms with Crippen LogP contribution < -0.4 is 0 Å². The number of hydrogen-bond donors (Lipinski definition) is 0. The SMILES string of the molecule is C=C(OC)c1nc(C)ccc1-c1ccccn1. The molecule has 0 saturated carbocycles. The van der Waals surface area contributed by atoms with Crippen LogP contribution in [0.5, 0.6) is 0 Å². The Morgan fingerprint density at radius 1 is 1.24 bits per heavy atom. The Hall–Kier alpha value is -2.16. The molecule has 2 rings (SSSR count). The van der Waals surface area contributed by atoms with Gasteiger partial charge in [-0.3, -0.25) is 4.98 Å². The Kier molecular flexibility index (Phi) is 3.19. The van der Waals surface area contributed by atoms with E-state index < -0.39 is 0 Å². The van der Waals surface area contributed by atoms with Crippen molar-refractivity contribution in [2.45, 2.75) is 6.92 Å². The average molecular weight is 226 g/mol. The molecule has 0 fully saturated rings. The summed E-state index contributed by atoms with van der Waals surface area (Å²) in [4.78, 5) is 8.78. The van der Waals surface area contributed by atoms with Gasteiger partial charge in [0.1, 0.15) is 11.5 Å². The molecule has 0 aliphatic rings. The highest BCUT2D eigenvalue weighted by Crippen LogP contribution is 2.25. The van der Waals surface area contributed by atoms with Crippen LogP contribution in [0.1, 0.15) is 11.4 Å². The largest absolute Gasteiger partial charge is 0.495 e. The van der Waals surface area contributed by atoms with E-state index in [2.05, 4.69) is 16.5 Å². The van der Waals surface area contributed by atoms with Crippen molar-refractivity contribution in [3.63, 3.8) is 0 Å². The number of nitrogens with zero attached hydrogens (tertiary/aromatic N) is 2. The highest BCUT2D eigenvalue weighted by Gasteiger charge is 2.11. The zero-order chi connectivity index (χ0) is 12.3. The van der Waals surface area contributed by atoms with Crippen molar-refractivity contribution in [3.05, 3.63) is 54.5 Å². The minimum Gasteiger partial charge on any atom is -0.495 e. The Labute approximate surface area is 101 Å². The normalized spacial score (nSPS) is 10.0. The van der Waals surface area contributed by atoms with Crippen LogP contribution in [-0.2, 0) is 4.74 Å². The van der Waals surface area contributed by atoms with Crippen LogP contribution in [0, 0.1) is 6.92 Å². The van der Waals surface area contributed by atoms with Gasteiger partial charge in [0, 0.05) is 17.5 Å². The number of aryl methyl sites for hydroxylation is 1. The van der Waals surface area contributed by atoms with E-state index in [0.717, 1.165) is 22.6 Å². The molecule has 0 amide bonds. The molecule has 0 spiro atoms. The van der Waals surface area contributed by atoms with Crippen LogP contribution in [0.15, 0.2) is 43.1 Å². The fraction of sp³-hybridized carbons (Fsp3) is 0.143. The zero-order valence-electron chi connectivity index (χ0n) is 9.97. The molecular formula is C14H14N2O. The van der Waals surface area contributed by atoms with Gasteiger partial charge in [-0.25, -0.2) is 4.98 Å². The number of methoxy groups -OCH3 is 1. The average Bonchev–Trinajstić information content (AvgIpc) is 2.38. The number of hydrogen-bond acceptors (Lipinski definition) is 3. The number of ether oxygens (including phenoxy) is 1. The van der Waals surface area contributed by atoms with Gasteiger partial charge in [-0.05, 0) is 31.2 Å². The molecule has 0 saturated heterocycles. The lowest BCUT2D eigenvalue weighted by molar-refractivity contribution is 0.369. The van der Waals surface area contributed by atoms with Crippen LogP contribution in [0.25, 0.3) is 17.0 Å². The monoisotopic (exact) mass is 226 g/mol. The second kappa shape index (κ2) is 4.78. The van der Waals surface area contributed by atoms with Crippen LogP contribution in [0.2, 0.25) is 0 Å². The van der Waals surface area contributed by atoms with Gasteiger partial charge in [-0.1, -0.05) is 12.6 Å². The molecule has 0 atom stereocenters. The highest BCUT2D eigenvalue weighted by atomic mass is 16.5. The van der Waals surface area contributed by atoms with E-state index in [1.54, 1.807) is 13.3 Å². The predicted octanol–water partition coefficient (Wildman–Crippen LogP) is 3.07. The minimum atomic E-state index is 0.550. The Bertz CT molecular complexity index is 535. The lowest BCUT2D eigenvalue weighted by Crippen LogP contribution is -1.97. The first-order valence-corrected chi connectivity index (χ1v) is 5.34. The predicted molar refractivity (Wildman–Crippen MR) is 68.2 cm³/mol. The summed E-state index contributed by atoms with van der Waals surface area (Å²) in [6.45, 7) is 5.80. The van der Waals surface area contributed by atoms with Crippen LogP contribution >= 0.6 is 0 Å². The van der Waals surface area contributed by atoms with E-state index in [1.165, 1.54) is 0 Å². The van der Waals surface area contributed by atoms with E-state index in [1.807, 2.05) is 37.3 Å². The molecular weight excluding hydrogens is 212 g/mol. The van der Waals surface area contributed by atoms with Crippen LogP contribution in [-0.4, -0.2) is 17.1 Å². The molecule has 0 aromatic carbocycles. The van der Waals surface area contributed by atoms with Crippen molar-refractivity contribution in [3.8, 4) is 11.3 Å². The Balaban J connectivity index is 2.58. The molecule has 17 heavy (non-hydrogen) atoms. The minimum absolute atomic E-state index is 0.550. The summed E-state index contributed by atoms with van der Waals surface area (Å²) in [5, 5.41) is 0. The molecule has 0 N–H and O–H groups in total. The summed E-state index contributed by atoms with van der Waals surface area (Å²) < 4.78 is 5.17. The van der Waals surface area contributed by atoms with Crippen molar-refractivity contribution in [2.75, 3.05) is 7.11 Å². The number of aromatic nitrogens is 2. The van der Waals surface area contributed by atoms with Gasteiger partial charge in [0.15, 0.2) is 0 Å². The third-order valence-electron chi connectivity index (χ3n) is 2.49. The summed E-state index contributed by atoms with van der Waals surface area (Å²) in [6.07, 6.45) is 1.76. The van der Waals surface area contributed by atoms with Gasteiger partial charge in [0.2, 0.25) is 0 Å². The maximum atomic E-state index is 5.17. The molecule has 0 aliphatic heterocycles. The third-order valence-corrected chi connectivity index (χ3v) is 2.49. The number of rotatable bonds is 3. The van der Waals surface area contributed by atoms with Crippen molar-refractivity contribution < 1.29 is 4.74 Å². The van der Waals surface area contributed by atoms with Gasteiger partial charge in [-0.15, -0.1) is 0 Å². The first kappa shape index (κ1) is 11.3.